The Balaban J connectivity index is 2.19. The molecule has 2 unspecified atom stereocenters. The normalized spacial score (nSPS) is 14.9. The number of hydrogen-bond acceptors (Lipinski definition) is 6. The maximum Gasteiger partial charge on any atom is 0.264 e. The third-order valence-corrected chi connectivity index (χ3v) is 7.40. The number of aryl methyl sites for hydroxylation is 1. The first-order valence-electron chi connectivity index (χ1n) is 9.76. The van der Waals surface area contributed by atoms with Crippen molar-refractivity contribution < 1.29 is 23.5 Å². The van der Waals surface area contributed by atoms with E-state index in [0.29, 0.717) is 5.56 Å². The molecule has 9 heteroatoms. The average Bonchev–Trinajstić information content (AvgIpc) is 2.75. The van der Waals surface area contributed by atoms with Gasteiger partial charge in [0.25, 0.3) is 11.5 Å². The molecule has 1 heterocycles. The summed E-state index contributed by atoms with van der Waals surface area (Å²) in [5, 5.41) is 18.0. The van der Waals surface area contributed by atoms with Crippen molar-refractivity contribution >= 4 is 21.8 Å². The Hall–Kier alpha value is -2.75. The van der Waals surface area contributed by atoms with E-state index in [1.54, 1.807) is 12.3 Å². The summed E-state index contributed by atoms with van der Waals surface area (Å²) in [6.07, 6.45) is 6.12. The topological polar surface area (TPSA) is 126 Å². The van der Waals surface area contributed by atoms with Crippen LogP contribution in [0.25, 0.3) is 17.2 Å². The molecule has 2 rings (SSSR count). The second-order valence-electron chi connectivity index (χ2n) is 7.78. The van der Waals surface area contributed by atoms with Crippen LogP contribution in [0.5, 0.6) is 0 Å². The summed E-state index contributed by atoms with van der Waals surface area (Å²) in [6.45, 7) is 3.20. The summed E-state index contributed by atoms with van der Waals surface area (Å²) in [6, 6.07) is 10.8. The molecule has 0 aliphatic rings. The van der Waals surface area contributed by atoms with Crippen LogP contribution >= 0.6 is 0 Å². The van der Waals surface area contributed by atoms with Crippen molar-refractivity contribution in [1.29, 1.82) is 0 Å². The molecular weight excluding hydrogens is 420 g/mol. The number of carbonyl (C=O) groups excluding carboxylic acids is 1. The zero-order valence-corrected chi connectivity index (χ0v) is 18.6. The van der Waals surface area contributed by atoms with Gasteiger partial charge in [-0.1, -0.05) is 43.3 Å². The van der Waals surface area contributed by atoms with Crippen LogP contribution in [0, 0.1) is 5.92 Å². The summed E-state index contributed by atoms with van der Waals surface area (Å²) in [7, 11) is -3.83. The van der Waals surface area contributed by atoms with Crippen molar-refractivity contribution in [2.24, 2.45) is 5.92 Å². The summed E-state index contributed by atoms with van der Waals surface area (Å²) in [5.41, 5.74) is 3.58. The lowest BCUT2D eigenvalue weighted by Crippen LogP contribution is -2.49. The number of aliphatic hydroxyl groups is 1. The molecule has 0 spiro atoms. The van der Waals surface area contributed by atoms with Crippen molar-refractivity contribution in [2.75, 3.05) is 12.9 Å². The van der Waals surface area contributed by atoms with E-state index >= 15 is 0 Å². The first-order valence-corrected chi connectivity index (χ1v) is 11.6. The van der Waals surface area contributed by atoms with E-state index in [-0.39, 0.29) is 31.0 Å². The van der Waals surface area contributed by atoms with Crippen LogP contribution in [0.3, 0.4) is 0 Å². The molecule has 0 saturated carbocycles. The van der Waals surface area contributed by atoms with E-state index in [1.807, 2.05) is 43.3 Å². The molecule has 168 valence electrons. The van der Waals surface area contributed by atoms with Crippen LogP contribution in [0.1, 0.15) is 25.8 Å². The number of carbonyl (C=O) groups is 1. The number of hydrogen-bond donors (Lipinski definition) is 3. The van der Waals surface area contributed by atoms with E-state index in [9.17, 15) is 18.0 Å². The Labute approximate surface area is 181 Å². The van der Waals surface area contributed by atoms with Crippen LogP contribution in [-0.4, -0.2) is 46.8 Å². The predicted molar refractivity (Wildman–Crippen MR) is 119 cm³/mol. The monoisotopic (exact) mass is 448 g/mol. The Morgan fingerprint density at radius 3 is 2.39 bits per heavy atom. The SMILES string of the molecule is CC(C=Cc1ccc(-c2ccn(CCC(C)(C(=O)NO)S(C)(=O)=O)c(=O)c2)cc1)CO. The van der Waals surface area contributed by atoms with Crippen molar-refractivity contribution in [1.82, 2.24) is 10.0 Å². The zero-order valence-electron chi connectivity index (χ0n) is 17.8. The van der Waals surface area contributed by atoms with E-state index in [0.717, 1.165) is 17.4 Å². The molecule has 0 aliphatic carbocycles. The third kappa shape index (κ3) is 5.90. The van der Waals surface area contributed by atoms with Crippen molar-refractivity contribution in [3.63, 3.8) is 0 Å². The van der Waals surface area contributed by atoms with E-state index < -0.39 is 20.5 Å². The van der Waals surface area contributed by atoms with Gasteiger partial charge >= 0.3 is 0 Å². The highest BCUT2D eigenvalue weighted by molar-refractivity contribution is 7.92. The first kappa shape index (κ1) is 24.5. The van der Waals surface area contributed by atoms with Gasteiger partial charge in [-0.05, 0) is 42.0 Å². The number of benzene rings is 1. The van der Waals surface area contributed by atoms with Gasteiger partial charge in [0.15, 0.2) is 14.6 Å². The fourth-order valence-electron chi connectivity index (χ4n) is 2.91. The lowest BCUT2D eigenvalue weighted by molar-refractivity contribution is -0.131. The van der Waals surface area contributed by atoms with E-state index in [1.165, 1.54) is 23.0 Å². The van der Waals surface area contributed by atoms with Gasteiger partial charge in [-0.25, -0.2) is 13.9 Å². The fraction of sp³-hybridized carbons (Fsp3) is 0.364. The quantitative estimate of drug-likeness (QED) is 0.397. The van der Waals surface area contributed by atoms with Crippen LogP contribution in [0.2, 0.25) is 0 Å². The number of sulfone groups is 1. The van der Waals surface area contributed by atoms with Crippen LogP contribution in [0.15, 0.2) is 53.5 Å². The number of aliphatic hydroxyl groups excluding tert-OH is 1. The molecule has 2 aromatic rings. The lowest BCUT2D eigenvalue weighted by atomic mass is 10.0. The van der Waals surface area contributed by atoms with Gasteiger partial charge in [-0.2, -0.15) is 0 Å². The minimum Gasteiger partial charge on any atom is -0.396 e. The highest BCUT2D eigenvalue weighted by Gasteiger charge is 2.43. The summed E-state index contributed by atoms with van der Waals surface area (Å²) in [4.78, 5) is 24.4. The highest BCUT2D eigenvalue weighted by atomic mass is 32.2. The molecule has 1 aromatic carbocycles. The standard InChI is InChI=1S/C22H28N2O6S/c1-16(15-25)4-5-17-6-8-18(9-7-17)19-10-12-24(20(26)14-19)13-11-22(2,21(27)23-28)31(3,29)30/h4-10,12,14,16,25,28H,11,13,15H2,1-3H3,(H,23,27). The largest absolute Gasteiger partial charge is 0.396 e. The van der Waals surface area contributed by atoms with Crippen molar-refractivity contribution in [3.05, 3.63) is 64.6 Å². The summed E-state index contributed by atoms with van der Waals surface area (Å²) >= 11 is 0. The van der Waals surface area contributed by atoms with Crippen molar-refractivity contribution in [3.8, 4) is 11.1 Å². The minimum atomic E-state index is -3.83. The summed E-state index contributed by atoms with van der Waals surface area (Å²) < 4.78 is 23.6. The van der Waals surface area contributed by atoms with Crippen molar-refractivity contribution in [2.45, 2.75) is 31.6 Å². The predicted octanol–water partition coefficient (Wildman–Crippen LogP) is 1.86. The molecule has 1 aromatic heterocycles. The number of rotatable bonds is 9. The van der Waals surface area contributed by atoms with Gasteiger partial charge in [0.05, 0.1) is 0 Å². The Kier molecular flexibility index (Phi) is 7.94. The number of hydroxylamine groups is 1. The Morgan fingerprint density at radius 1 is 1.23 bits per heavy atom. The van der Waals surface area contributed by atoms with Gasteiger partial charge in [-0.3, -0.25) is 14.8 Å². The van der Waals surface area contributed by atoms with E-state index in [2.05, 4.69) is 0 Å². The molecule has 0 bridgehead atoms. The van der Waals surface area contributed by atoms with Crippen LogP contribution < -0.4 is 11.0 Å². The lowest BCUT2D eigenvalue weighted by Gasteiger charge is -2.25. The van der Waals surface area contributed by atoms with Gasteiger partial charge in [-0.15, -0.1) is 0 Å². The van der Waals surface area contributed by atoms with Gasteiger partial charge in [0.2, 0.25) is 0 Å². The molecule has 0 saturated heterocycles. The first-order chi connectivity index (χ1) is 14.5. The Morgan fingerprint density at radius 2 is 1.87 bits per heavy atom. The average molecular weight is 449 g/mol. The fourth-order valence-corrected chi connectivity index (χ4v) is 3.76. The van der Waals surface area contributed by atoms with Gasteiger partial charge < -0.3 is 9.67 Å². The Bertz CT molecular complexity index is 1110. The maximum absolute atomic E-state index is 12.5. The second-order valence-corrected chi connectivity index (χ2v) is 10.2. The highest BCUT2D eigenvalue weighted by Crippen LogP contribution is 2.23. The molecular formula is C22H28N2O6S. The maximum atomic E-state index is 12.5. The van der Waals surface area contributed by atoms with E-state index in [4.69, 9.17) is 10.3 Å². The van der Waals surface area contributed by atoms with Crippen LogP contribution in [-0.2, 0) is 21.2 Å². The number of nitrogens with one attached hydrogen (secondary N) is 1. The summed E-state index contributed by atoms with van der Waals surface area (Å²) in [5.74, 6) is -0.970. The molecule has 0 aliphatic heterocycles. The molecule has 31 heavy (non-hydrogen) atoms. The molecule has 0 fully saturated rings. The smallest absolute Gasteiger partial charge is 0.264 e. The third-order valence-electron chi connectivity index (χ3n) is 5.38. The molecule has 2 atom stereocenters. The number of amides is 1. The molecule has 3 N–H and O–H groups in total. The molecule has 8 nitrogen and oxygen atoms in total. The second kappa shape index (κ2) is 10.0. The number of aromatic nitrogens is 1. The van der Waals surface area contributed by atoms with Gasteiger partial charge in [0.1, 0.15) is 0 Å². The molecule has 1 amide bonds. The minimum absolute atomic E-state index is 0.0110. The number of pyridine rings is 1. The zero-order chi connectivity index (χ0) is 23.2. The molecule has 0 radical (unpaired) electrons. The van der Waals surface area contributed by atoms with Gasteiger partial charge in [0, 0.05) is 31.7 Å². The van der Waals surface area contributed by atoms with Crippen LogP contribution in [0.4, 0.5) is 0 Å². The number of nitrogens with zero attached hydrogens (tertiary/aromatic N) is 1.